The van der Waals surface area contributed by atoms with E-state index in [9.17, 15) is 4.79 Å². The molecule has 6 nitrogen and oxygen atoms in total. The molecule has 0 radical (unpaired) electrons. The van der Waals surface area contributed by atoms with E-state index < -0.39 is 5.91 Å². The number of rotatable bonds is 2. The fourth-order valence-corrected chi connectivity index (χ4v) is 1.73. The highest BCUT2D eigenvalue weighted by Gasteiger charge is 2.11. The van der Waals surface area contributed by atoms with Gasteiger partial charge in [-0.25, -0.2) is 0 Å². The summed E-state index contributed by atoms with van der Waals surface area (Å²) in [5.41, 5.74) is 6.28. The molecule has 0 saturated carbocycles. The van der Waals surface area contributed by atoms with Crippen molar-refractivity contribution in [3.63, 3.8) is 0 Å². The monoisotopic (exact) mass is 317 g/mol. The molecule has 0 aliphatic rings. The number of anilines is 2. The average molecular weight is 318 g/mol. The Hall–Kier alpha value is -2.46. The van der Waals surface area contributed by atoms with Crippen LogP contribution >= 0.6 is 15.9 Å². The van der Waals surface area contributed by atoms with Crippen molar-refractivity contribution in [2.75, 3.05) is 11.1 Å². The van der Waals surface area contributed by atoms with Gasteiger partial charge >= 0.3 is 0 Å². The van der Waals surface area contributed by atoms with E-state index in [1.807, 2.05) is 6.07 Å². The van der Waals surface area contributed by atoms with Crippen LogP contribution in [-0.2, 0) is 0 Å². The number of hydrogen-bond donors (Lipinski definition) is 2. The fraction of sp³-hybridized carbons (Fsp3) is 0. The van der Waals surface area contributed by atoms with Crippen molar-refractivity contribution in [3.8, 4) is 6.07 Å². The van der Waals surface area contributed by atoms with Crippen LogP contribution in [-0.4, -0.2) is 16.1 Å². The third-order valence-corrected chi connectivity index (χ3v) is 2.76. The summed E-state index contributed by atoms with van der Waals surface area (Å²) in [6, 6.07) is 9.92. The van der Waals surface area contributed by atoms with Crippen LogP contribution in [0, 0.1) is 11.3 Å². The van der Waals surface area contributed by atoms with Gasteiger partial charge in [-0.3, -0.25) is 4.79 Å². The molecule has 0 atom stereocenters. The number of benzene rings is 1. The topological polar surface area (TPSA) is 105 Å². The van der Waals surface area contributed by atoms with Gasteiger partial charge in [-0.15, -0.1) is 10.2 Å². The number of carbonyl (C=O) groups is 1. The Morgan fingerprint density at radius 1 is 1.32 bits per heavy atom. The van der Waals surface area contributed by atoms with E-state index in [0.717, 1.165) is 4.47 Å². The summed E-state index contributed by atoms with van der Waals surface area (Å²) in [7, 11) is 0. The second-order valence-corrected chi connectivity index (χ2v) is 4.51. The molecule has 0 aliphatic carbocycles. The smallest absolute Gasteiger partial charge is 0.276 e. The molecule has 0 aliphatic heterocycles. The van der Waals surface area contributed by atoms with Crippen LogP contribution in [0.3, 0.4) is 0 Å². The van der Waals surface area contributed by atoms with Gasteiger partial charge in [0.2, 0.25) is 0 Å². The normalized spacial score (nSPS) is 9.68. The number of nitrogens with two attached hydrogens (primary N) is 1. The quantitative estimate of drug-likeness (QED) is 0.880. The van der Waals surface area contributed by atoms with E-state index in [1.54, 1.807) is 18.2 Å². The third kappa shape index (κ3) is 3.05. The summed E-state index contributed by atoms with van der Waals surface area (Å²) in [6.45, 7) is 0. The summed E-state index contributed by atoms with van der Waals surface area (Å²) < 4.78 is 0.759. The van der Waals surface area contributed by atoms with E-state index in [2.05, 4.69) is 31.4 Å². The minimum atomic E-state index is -0.452. The Bertz CT molecular complexity index is 663. The van der Waals surface area contributed by atoms with Crippen LogP contribution in [0.4, 0.5) is 11.5 Å². The molecule has 0 fully saturated rings. The molecule has 94 valence electrons. The Kier molecular flexibility index (Phi) is 3.73. The molecule has 0 bridgehead atoms. The molecular formula is C12H8BrN5O. The maximum Gasteiger partial charge on any atom is 0.276 e. The van der Waals surface area contributed by atoms with E-state index in [-0.39, 0.29) is 11.5 Å². The van der Waals surface area contributed by atoms with Crippen molar-refractivity contribution in [3.05, 3.63) is 46.1 Å². The molecule has 1 aromatic carbocycles. The Morgan fingerprint density at radius 3 is 2.74 bits per heavy atom. The van der Waals surface area contributed by atoms with Crippen molar-refractivity contribution in [2.24, 2.45) is 0 Å². The van der Waals surface area contributed by atoms with E-state index in [4.69, 9.17) is 11.0 Å². The number of aromatic nitrogens is 2. The van der Waals surface area contributed by atoms with Gasteiger partial charge in [-0.05, 0) is 30.3 Å². The molecule has 0 spiro atoms. The lowest BCUT2D eigenvalue weighted by atomic mass is 10.2. The second kappa shape index (κ2) is 5.46. The van der Waals surface area contributed by atoms with Gasteiger partial charge < -0.3 is 11.1 Å². The minimum Gasteiger partial charge on any atom is -0.382 e. The summed E-state index contributed by atoms with van der Waals surface area (Å²) in [5, 5.41) is 18.9. The molecular weight excluding hydrogens is 310 g/mol. The molecule has 7 heteroatoms. The lowest BCUT2D eigenvalue weighted by molar-refractivity contribution is 0.102. The predicted molar refractivity (Wildman–Crippen MR) is 73.3 cm³/mol. The standard InChI is InChI=1S/C12H8BrN5O/c13-8-1-2-9(7(5-8)6-14)16-12(19)10-3-4-11(15)18-17-10/h1-5H,(H2,15,18)(H,16,19). The average Bonchev–Trinajstić information content (AvgIpc) is 2.41. The highest BCUT2D eigenvalue weighted by molar-refractivity contribution is 9.10. The number of halogens is 1. The molecule has 3 N–H and O–H groups in total. The molecule has 1 heterocycles. The second-order valence-electron chi connectivity index (χ2n) is 3.60. The zero-order chi connectivity index (χ0) is 13.8. The summed E-state index contributed by atoms with van der Waals surface area (Å²) in [5.74, 6) is -0.218. The van der Waals surface area contributed by atoms with Crippen LogP contribution in [0.5, 0.6) is 0 Å². The van der Waals surface area contributed by atoms with Crippen LogP contribution < -0.4 is 11.1 Å². The molecule has 2 rings (SSSR count). The van der Waals surface area contributed by atoms with E-state index in [0.29, 0.717) is 11.3 Å². The first-order chi connectivity index (χ1) is 9.10. The van der Waals surface area contributed by atoms with Crippen LogP contribution in [0.1, 0.15) is 16.1 Å². The first kappa shape index (κ1) is 13.0. The Balaban J connectivity index is 2.24. The number of amides is 1. The lowest BCUT2D eigenvalue weighted by Gasteiger charge is -2.06. The van der Waals surface area contributed by atoms with Crippen molar-refractivity contribution < 1.29 is 4.79 Å². The first-order valence-corrected chi connectivity index (χ1v) is 5.99. The van der Waals surface area contributed by atoms with Crippen molar-refractivity contribution >= 4 is 33.3 Å². The van der Waals surface area contributed by atoms with Gasteiger partial charge in [0.05, 0.1) is 11.3 Å². The molecule has 2 aromatic rings. The Morgan fingerprint density at radius 2 is 2.11 bits per heavy atom. The van der Waals surface area contributed by atoms with Crippen molar-refractivity contribution in [1.29, 1.82) is 5.26 Å². The summed E-state index contributed by atoms with van der Waals surface area (Å²) in [4.78, 5) is 11.9. The number of nitrogens with zero attached hydrogens (tertiary/aromatic N) is 3. The molecule has 19 heavy (non-hydrogen) atoms. The fourth-order valence-electron chi connectivity index (χ4n) is 1.37. The zero-order valence-electron chi connectivity index (χ0n) is 9.59. The van der Waals surface area contributed by atoms with Gasteiger partial charge in [-0.1, -0.05) is 15.9 Å². The van der Waals surface area contributed by atoms with Gasteiger partial charge in [0.15, 0.2) is 5.69 Å². The van der Waals surface area contributed by atoms with Crippen LogP contribution in [0.2, 0.25) is 0 Å². The van der Waals surface area contributed by atoms with Crippen LogP contribution in [0.25, 0.3) is 0 Å². The van der Waals surface area contributed by atoms with Gasteiger partial charge in [0.1, 0.15) is 11.9 Å². The number of carbonyl (C=O) groups excluding carboxylic acids is 1. The maximum absolute atomic E-state index is 11.9. The lowest BCUT2D eigenvalue weighted by Crippen LogP contribution is -2.15. The number of nitriles is 1. The molecule has 0 saturated heterocycles. The largest absolute Gasteiger partial charge is 0.382 e. The van der Waals surface area contributed by atoms with E-state index >= 15 is 0 Å². The molecule has 1 aromatic heterocycles. The van der Waals surface area contributed by atoms with Crippen molar-refractivity contribution in [1.82, 2.24) is 10.2 Å². The first-order valence-electron chi connectivity index (χ1n) is 5.20. The van der Waals surface area contributed by atoms with Gasteiger partial charge in [-0.2, -0.15) is 5.26 Å². The van der Waals surface area contributed by atoms with Gasteiger partial charge in [0.25, 0.3) is 5.91 Å². The van der Waals surface area contributed by atoms with Gasteiger partial charge in [0, 0.05) is 4.47 Å². The maximum atomic E-state index is 11.9. The summed E-state index contributed by atoms with van der Waals surface area (Å²) in [6.07, 6.45) is 0. The van der Waals surface area contributed by atoms with E-state index in [1.165, 1.54) is 12.1 Å². The summed E-state index contributed by atoms with van der Waals surface area (Å²) >= 11 is 3.26. The van der Waals surface area contributed by atoms with Crippen molar-refractivity contribution in [2.45, 2.75) is 0 Å². The highest BCUT2D eigenvalue weighted by atomic mass is 79.9. The molecule has 1 amide bonds. The molecule has 0 unspecified atom stereocenters. The number of hydrogen-bond acceptors (Lipinski definition) is 5. The van der Waals surface area contributed by atoms with Crippen LogP contribution in [0.15, 0.2) is 34.8 Å². The highest BCUT2D eigenvalue weighted by Crippen LogP contribution is 2.20. The SMILES string of the molecule is N#Cc1cc(Br)ccc1NC(=O)c1ccc(N)nn1. The minimum absolute atomic E-state index is 0.126. The third-order valence-electron chi connectivity index (χ3n) is 2.27. The number of nitrogen functional groups attached to an aromatic ring is 1. The zero-order valence-corrected chi connectivity index (χ0v) is 11.2. The predicted octanol–water partition coefficient (Wildman–Crippen LogP) is 1.95. The Labute approximate surface area is 117 Å². The number of nitrogens with one attached hydrogen (secondary N) is 1.